The summed E-state index contributed by atoms with van der Waals surface area (Å²) in [6, 6.07) is 0. The number of rotatable bonds is 4. The Morgan fingerprint density at radius 2 is 2.11 bits per heavy atom. The van der Waals surface area contributed by atoms with Crippen molar-refractivity contribution in [2.24, 2.45) is 17.8 Å². The quantitative estimate of drug-likeness (QED) is 0.833. The van der Waals surface area contributed by atoms with Gasteiger partial charge in [-0.15, -0.1) is 0 Å². The molecule has 0 bridgehead atoms. The van der Waals surface area contributed by atoms with Gasteiger partial charge in [-0.3, -0.25) is 9.59 Å². The van der Waals surface area contributed by atoms with Gasteiger partial charge in [0, 0.05) is 6.42 Å². The predicted octanol–water partition coefficient (Wildman–Crippen LogP) is 3.19. The first-order chi connectivity index (χ1) is 8.50. The number of hydrogen-bond acceptors (Lipinski definition) is 2. The maximum Gasteiger partial charge on any atom is 0.306 e. The van der Waals surface area contributed by atoms with Crippen LogP contribution in [-0.2, 0) is 9.59 Å². The second-order valence-electron chi connectivity index (χ2n) is 5.88. The summed E-state index contributed by atoms with van der Waals surface area (Å²) in [5, 5.41) is 8.94. The minimum atomic E-state index is -0.731. The Morgan fingerprint density at radius 3 is 2.78 bits per heavy atom. The Balaban J connectivity index is 2.07. The molecule has 0 aromatic rings. The fourth-order valence-corrected chi connectivity index (χ4v) is 3.33. The zero-order valence-electron chi connectivity index (χ0n) is 11.2. The Hall–Kier alpha value is -1.12. The van der Waals surface area contributed by atoms with E-state index in [0.29, 0.717) is 30.5 Å². The van der Waals surface area contributed by atoms with Crippen molar-refractivity contribution in [2.45, 2.75) is 52.4 Å². The van der Waals surface area contributed by atoms with Crippen molar-refractivity contribution < 1.29 is 14.7 Å². The zero-order valence-corrected chi connectivity index (χ0v) is 11.2. The van der Waals surface area contributed by atoms with Gasteiger partial charge in [0.15, 0.2) is 5.78 Å². The molecule has 0 aromatic heterocycles. The molecule has 100 valence electrons. The first kappa shape index (κ1) is 13.3. The fraction of sp³-hybridized carbons (Fsp3) is 0.733. The van der Waals surface area contributed by atoms with Crippen molar-refractivity contribution >= 4 is 11.8 Å². The molecule has 3 heteroatoms. The Labute approximate surface area is 108 Å². The second-order valence-corrected chi connectivity index (χ2v) is 5.88. The monoisotopic (exact) mass is 250 g/mol. The number of allylic oxidation sites excluding steroid dienone is 2. The highest BCUT2D eigenvalue weighted by molar-refractivity contribution is 5.99. The van der Waals surface area contributed by atoms with Crippen LogP contribution < -0.4 is 0 Å². The molecule has 3 unspecified atom stereocenters. The lowest BCUT2D eigenvalue weighted by Gasteiger charge is -2.30. The summed E-state index contributed by atoms with van der Waals surface area (Å²) in [7, 11) is 0. The van der Waals surface area contributed by atoms with Gasteiger partial charge in [-0.05, 0) is 49.5 Å². The first-order valence-electron chi connectivity index (χ1n) is 6.98. The van der Waals surface area contributed by atoms with Gasteiger partial charge in [-0.1, -0.05) is 19.4 Å². The van der Waals surface area contributed by atoms with Crippen LogP contribution >= 0.6 is 0 Å². The van der Waals surface area contributed by atoms with E-state index >= 15 is 0 Å². The molecule has 3 nitrogen and oxygen atoms in total. The maximum absolute atomic E-state index is 12.0. The van der Waals surface area contributed by atoms with Gasteiger partial charge in [0.25, 0.3) is 0 Å². The molecule has 0 saturated heterocycles. The van der Waals surface area contributed by atoms with E-state index in [4.69, 9.17) is 5.11 Å². The summed E-state index contributed by atoms with van der Waals surface area (Å²) in [5.74, 6) is 0.118. The third kappa shape index (κ3) is 2.50. The Kier molecular flexibility index (Phi) is 3.88. The van der Waals surface area contributed by atoms with E-state index in [1.807, 2.05) is 0 Å². The number of aliphatic carboxylic acids is 1. The molecule has 0 fully saturated rings. The van der Waals surface area contributed by atoms with Crippen LogP contribution in [0.1, 0.15) is 52.4 Å². The highest BCUT2D eigenvalue weighted by Crippen LogP contribution is 2.43. The van der Waals surface area contributed by atoms with E-state index in [0.717, 1.165) is 31.3 Å². The van der Waals surface area contributed by atoms with Crippen LogP contribution in [0.3, 0.4) is 0 Å². The number of carbonyl (C=O) groups excluding carboxylic acids is 1. The predicted molar refractivity (Wildman–Crippen MR) is 69.2 cm³/mol. The summed E-state index contributed by atoms with van der Waals surface area (Å²) >= 11 is 0. The minimum Gasteiger partial charge on any atom is -0.481 e. The van der Waals surface area contributed by atoms with Gasteiger partial charge in [0.2, 0.25) is 0 Å². The molecule has 0 radical (unpaired) electrons. The average molecular weight is 250 g/mol. The Morgan fingerprint density at radius 1 is 1.39 bits per heavy atom. The molecule has 0 aliphatic heterocycles. The molecule has 3 atom stereocenters. The largest absolute Gasteiger partial charge is 0.481 e. The standard InChI is InChI=1S/C15H22O3/c1-9-3-5-11-6-8-13(16)14(11)12(9)7-4-10(2)15(17)18/h9-10,12H,3-8H2,1-2H3,(H,17,18). The van der Waals surface area contributed by atoms with E-state index in [2.05, 4.69) is 6.92 Å². The summed E-state index contributed by atoms with van der Waals surface area (Å²) in [4.78, 5) is 22.8. The normalized spacial score (nSPS) is 29.3. The SMILES string of the molecule is CC(CCC1C2=C(CCC2=O)CCC1C)C(=O)O. The van der Waals surface area contributed by atoms with Crippen LogP contribution in [0.15, 0.2) is 11.1 Å². The molecule has 18 heavy (non-hydrogen) atoms. The number of ketones is 1. The van der Waals surface area contributed by atoms with E-state index in [9.17, 15) is 9.59 Å². The van der Waals surface area contributed by atoms with Crippen LogP contribution in [0.2, 0.25) is 0 Å². The van der Waals surface area contributed by atoms with E-state index < -0.39 is 5.97 Å². The second kappa shape index (κ2) is 5.25. The lowest BCUT2D eigenvalue weighted by atomic mass is 9.73. The number of Topliss-reactive ketones (excluding diaryl/α,β-unsaturated/α-hetero) is 1. The summed E-state index contributed by atoms with van der Waals surface area (Å²) in [6.45, 7) is 3.95. The molecule has 1 N–H and O–H groups in total. The first-order valence-corrected chi connectivity index (χ1v) is 6.98. The van der Waals surface area contributed by atoms with Crippen molar-refractivity contribution in [1.29, 1.82) is 0 Å². The van der Waals surface area contributed by atoms with Crippen LogP contribution in [0, 0.1) is 17.8 Å². The van der Waals surface area contributed by atoms with Crippen LogP contribution in [-0.4, -0.2) is 16.9 Å². The van der Waals surface area contributed by atoms with Gasteiger partial charge >= 0.3 is 5.97 Å². The number of carboxylic acids is 1. The van der Waals surface area contributed by atoms with Crippen LogP contribution in [0.25, 0.3) is 0 Å². The molecule has 0 spiro atoms. The number of carboxylic acid groups (broad SMARTS) is 1. The molecule has 2 aliphatic rings. The highest BCUT2D eigenvalue weighted by atomic mass is 16.4. The zero-order chi connectivity index (χ0) is 13.3. The summed E-state index contributed by atoms with van der Waals surface area (Å²) in [5.41, 5.74) is 2.44. The van der Waals surface area contributed by atoms with Gasteiger partial charge in [-0.2, -0.15) is 0 Å². The summed E-state index contributed by atoms with van der Waals surface area (Å²) in [6.07, 6.45) is 5.38. The van der Waals surface area contributed by atoms with Crippen molar-refractivity contribution in [3.05, 3.63) is 11.1 Å². The van der Waals surface area contributed by atoms with Crippen LogP contribution in [0.5, 0.6) is 0 Å². The van der Waals surface area contributed by atoms with Gasteiger partial charge < -0.3 is 5.11 Å². The van der Waals surface area contributed by atoms with Gasteiger partial charge in [0.05, 0.1) is 5.92 Å². The molecule has 2 rings (SSSR count). The van der Waals surface area contributed by atoms with E-state index in [1.165, 1.54) is 5.57 Å². The Bertz CT molecular complexity index is 395. The number of carbonyl (C=O) groups is 2. The molecular weight excluding hydrogens is 228 g/mol. The lowest BCUT2D eigenvalue weighted by molar-refractivity contribution is -0.141. The third-order valence-corrected chi connectivity index (χ3v) is 4.63. The fourth-order valence-electron chi connectivity index (χ4n) is 3.33. The highest BCUT2D eigenvalue weighted by Gasteiger charge is 2.35. The molecule has 2 aliphatic carbocycles. The van der Waals surface area contributed by atoms with Crippen molar-refractivity contribution in [3.8, 4) is 0 Å². The topological polar surface area (TPSA) is 54.4 Å². The smallest absolute Gasteiger partial charge is 0.306 e. The number of hydrogen-bond donors (Lipinski definition) is 1. The van der Waals surface area contributed by atoms with Crippen molar-refractivity contribution in [1.82, 2.24) is 0 Å². The maximum atomic E-state index is 12.0. The van der Waals surface area contributed by atoms with E-state index in [1.54, 1.807) is 6.92 Å². The molecule has 0 amide bonds. The lowest BCUT2D eigenvalue weighted by Crippen LogP contribution is -2.24. The van der Waals surface area contributed by atoms with Crippen molar-refractivity contribution in [3.63, 3.8) is 0 Å². The van der Waals surface area contributed by atoms with Crippen LogP contribution in [0.4, 0.5) is 0 Å². The third-order valence-electron chi connectivity index (χ3n) is 4.63. The van der Waals surface area contributed by atoms with Crippen molar-refractivity contribution in [2.75, 3.05) is 0 Å². The molecular formula is C15H22O3. The van der Waals surface area contributed by atoms with Gasteiger partial charge in [-0.25, -0.2) is 0 Å². The van der Waals surface area contributed by atoms with E-state index in [-0.39, 0.29) is 5.92 Å². The van der Waals surface area contributed by atoms with Gasteiger partial charge in [0.1, 0.15) is 0 Å². The average Bonchev–Trinajstić information content (AvgIpc) is 2.69. The minimum absolute atomic E-state index is 0.306. The molecule has 0 aromatic carbocycles. The summed E-state index contributed by atoms with van der Waals surface area (Å²) < 4.78 is 0. The molecule has 0 saturated carbocycles. The molecule has 0 heterocycles.